The first-order valence-electron chi connectivity index (χ1n) is 4.75. The molecule has 0 amide bonds. The SMILES string of the molecule is CCOC(=O)C(Cl)=NCc1ccccc1F. The highest BCUT2D eigenvalue weighted by atomic mass is 35.5. The molecule has 0 N–H and O–H groups in total. The topological polar surface area (TPSA) is 38.7 Å². The fourth-order valence-corrected chi connectivity index (χ4v) is 1.15. The molecule has 0 unspecified atom stereocenters. The molecular weight excluding hydrogens is 233 g/mol. The molecule has 1 aromatic carbocycles. The standard InChI is InChI=1S/C11H11ClFNO2/c1-2-16-11(15)10(12)14-7-8-5-3-4-6-9(8)13/h3-6H,2,7H2,1H3. The van der Waals surface area contributed by atoms with Crippen LogP contribution in [-0.4, -0.2) is 17.7 Å². The Morgan fingerprint density at radius 3 is 2.81 bits per heavy atom. The van der Waals surface area contributed by atoms with Gasteiger partial charge in [-0.3, -0.25) is 4.99 Å². The Bertz CT molecular complexity index is 407. The molecule has 1 rings (SSSR count). The summed E-state index contributed by atoms with van der Waals surface area (Å²) in [6, 6.07) is 6.17. The van der Waals surface area contributed by atoms with E-state index in [1.165, 1.54) is 6.07 Å². The number of benzene rings is 1. The lowest BCUT2D eigenvalue weighted by molar-refractivity contribution is -0.134. The molecule has 0 aliphatic heterocycles. The van der Waals surface area contributed by atoms with E-state index in [1.807, 2.05) is 0 Å². The second-order valence-corrected chi connectivity index (χ2v) is 3.28. The van der Waals surface area contributed by atoms with E-state index in [-0.39, 0.29) is 24.1 Å². The fraction of sp³-hybridized carbons (Fsp3) is 0.273. The molecule has 0 heterocycles. The molecule has 0 atom stereocenters. The number of nitrogens with zero attached hydrogens (tertiary/aromatic N) is 1. The minimum atomic E-state index is -0.694. The van der Waals surface area contributed by atoms with Crippen LogP contribution in [0.4, 0.5) is 4.39 Å². The Morgan fingerprint density at radius 2 is 2.19 bits per heavy atom. The van der Waals surface area contributed by atoms with Crippen molar-refractivity contribution in [3.05, 3.63) is 35.6 Å². The molecule has 0 aliphatic carbocycles. The van der Waals surface area contributed by atoms with Gasteiger partial charge in [0, 0.05) is 5.56 Å². The van der Waals surface area contributed by atoms with E-state index >= 15 is 0 Å². The zero-order valence-corrected chi connectivity index (χ0v) is 9.50. The van der Waals surface area contributed by atoms with Crippen molar-refractivity contribution in [2.75, 3.05) is 6.61 Å². The molecule has 0 saturated carbocycles. The predicted molar refractivity (Wildman–Crippen MR) is 60.0 cm³/mol. The highest BCUT2D eigenvalue weighted by Crippen LogP contribution is 2.08. The Balaban J connectivity index is 2.66. The number of esters is 1. The van der Waals surface area contributed by atoms with Gasteiger partial charge in [0.05, 0.1) is 13.2 Å². The summed E-state index contributed by atoms with van der Waals surface area (Å²) >= 11 is 5.57. The molecule has 5 heteroatoms. The number of carbonyl (C=O) groups is 1. The predicted octanol–water partition coefficient (Wildman–Crippen LogP) is 2.53. The van der Waals surface area contributed by atoms with Crippen molar-refractivity contribution in [3.63, 3.8) is 0 Å². The highest BCUT2D eigenvalue weighted by molar-refractivity contribution is 6.82. The summed E-state index contributed by atoms with van der Waals surface area (Å²) in [7, 11) is 0. The average molecular weight is 244 g/mol. The van der Waals surface area contributed by atoms with Gasteiger partial charge in [0.15, 0.2) is 0 Å². The van der Waals surface area contributed by atoms with Crippen molar-refractivity contribution in [3.8, 4) is 0 Å². The van der Waals surface area contributed by atoms with Gasteiger partial charge in [-0.2, -0.15) is 0 Å². The molecule has 86 valence electrons. The van der Waals surface area contributed by atoms with Crippen molar-refractivity contribution in [1.29, 1.82) is 0 Å². The van der Waals surface area contributed by atoms with E-state index in [2.05, 4.69) is 9.73 Å². The van der Waals surface area contributed by atoms with Crippen LogP contribution in [0, 0.1) is 5.82 Å². The van der Waals surface area contributed by atoms with Gasteiger partial charge in [0.2, 0.25) is 5.17 Å². The summed E-state index contributed by atoms with van der Waals surface area (Å²) in [4.78, 5) is 14.8. The molecule has 0 bridgehead atoms. The molecule has 1 aromatic rings. The largest absolute Gasteiger partial charge is 0.461 e. The maximum absolute atomic E-state index is 13.2. The monoisotopic (exact) mass is 243 g/mol. The summed E-state index contributed by atoms with van der Waals surface area (Å²) < 4.78 is 17.8. The third-order valence-corrected chi connectivity index (χ3v) is 2.06. The molecule has 0 aromatic heterocycles. The Hall–Kier alpha value is -1.42. The summed E-state index contributed by atoms with van der Waals surface area (Å²) in [6.45, 7) is 1.91. The van der Waals surface area contributed by atoms with Crippen LogP contribution >= 0.6 is 11.6 Å². The van der Waals surface area contributed by atoms with Crippen LogP contribution in [0.15, 0.2) is 29.3 Å². The van der Waals surface area contributed by atoms with Gasteiger partial charge < -0.3 is 4.74 Å². The second-order valence-electron chi connectivity index (χ2n) is 2.92. The second kappa shape index (κ2) is 6.23. The molecule has 16 heavy (non-hydrogen) atoms. The summed E-state index contributed by atoms with van der Waals surface area (Å²) in [6.07, 6.45) is 0. The minimum Gasteiger partial charge on any atom is -0.461 e. The van der Waals surface area contributed by atoms with Gasteiger partial charge in [-0.05, 0) is 13.0 Å². The smallest absolute Gasteiger partial charge is 0.368 e. The van der Waals surface area contributed by atoms with E-state index in [9.17, 15) is 9.18 Å². The van der Waals surface area contributed by atoms with Gasteiger partial charge in [-0.15, -0.1) is 0 Å². The molecule has 0 fully saturated rings. The normalized spacial score (nSPS) is 11.3. The van der Waals surface area contributed by atoms with Crippen molar-refractivity contribution < 1.29 is 13.9 Å². The van der Waals surface area contributed by atoms with Gasteiger partial charge in [-0.1, -0.05) is 29.8 Å². The molecular formula is C11H11ClFNO2. The van der Waals surface area contributed by atoms with Crippen LogP contribution in [-0.2, 0) is 16.1 Å². The molecule has 3 nitrogen and oxygen atoms in total. The fourth-order valence-electron chi connectivity index (χ4n) is 1.04. The third-order valence-electron chi connectivity index (χ3n) is 1.79. The lowest BCUT2D eigenvalue weighted by atomic mass is 10.2. The van der Waals surface area contributed by atoms with Crippen LogP contribution in [0.1, 0.15) is 12.5 Å². The number of rotatable bonds is 4. The Kier molecular flexibility index (Phi) is 4.92. The first-order valence-corrected chi connectivity index (χ1v) is 5.13. The van der Waals surface area contributed by atoms with Crippen molar-refractivity contribution in [2.45, 2.75) is 13.5 Å². The Labute approximate surface area is 97.9 Å². The maximum Gasteiger partial charge on any atom is 0.368 e. The van der Waals surface area contributed by atoms with E-state index < -0.39 is 5.97 Å². The van der Waals surface area contributed by atoms with Crippen molar-refractivity contribution >= 4 is 22.7 Å². The lowest BCUT2D eigenvalue weighted by Crippen LogP contribution is -2.12. The third kappa shape index (κ3) is 3.62. The molecule has 0 radical (unpaired) electrons. The van der Waals surface area contributed by atoms with Crippen LogP contribution in [0.5, 0.6) is 0 Å². The van der Waals surface area contributed by atoms with E-state index in [0.717, 1.165) is 0 Å². The van der Waals surface area contributed by atoms with Crippen LogP contribution in [0.25, 0.3) is 0 Å². The lowest BCUT2D eigenvalue weighted by Gasteiger charge is -2.00. The number of ether oxygens (including phenoxy) is 1. The number of halogens is 2. The van der Waals surface area contributed by atoms with Crippen molar-refractivity contribution in [1.82, 2.24) is 0 Å². The highest BCUT2D eigenvalue weighted by Gasteiger charge is 2.09. The molecule has 0 aliphatic rings. The van der Waals surface area contributed by atoms with Gasteiger partial charge in [0.25, 0.3) is 0 Å². The number of hydrogen-bond donors (Lipinski definition) is 0. The van der Waals surface area contributed by atoms with Gasteiger partial charge in [-0.25, -0.2) is 9.18 Å². The first kappa shape index (κ1) is 12.6. The summed E-state index contributed by atoms with van der Waals surface area (Å²) in [5.74, 6) is -1.07. The maximum atomic E-state index is 13.2. The van der Waals surface area contributed by atoms with Crippen molar-refractivity contribution in [2.24, 2.45) is 4.99 Å². The zero-order chi connectivity index (χ0) is 12.0. The van der Waals surface area contributed by atoms with E-state index in [1.54, 1.807) is 25.1 Å². The van der Waals surface area contributed by atoms with E-state index in [4.69, 9.17) is 11.6 Å². The zero-order valence-electron chi connectivity index (χ0n) is 8.74. The number of carbonyl (C=O) groups excluding carboxylic acids is 1. The van der Waals surface area contributed by atoms with Crippen LogP contribution < -0.4 is 0 Å². The average Bonchev–Trinajstić information content (AvgIpc) is 2.28. The van der Waals surface area contributed by atoms with Crippen LogP contribution in [0.2, 0.25) is 0 Å². The van der Waals surface area contributed by atoms with Crippen LogP contribution in [0.3, 0.4) is 0 Å². The first-order chi connectivity index (χ1) is 7.65. The molecule has 0 saturated heterocycles. The minimum absolute atomic E-state index is 0.0182. The number of aliphatic imine (C=N–C) groups is 1. The number of hydrogen-bond acceptors (Lipinski definition) is 3. The molecule has 0 spiro atoms. The quantitative estimate of drug-likeness (QED) is 0.602. The Morgan fingerprint density at radius 1 is 1.50 bits per heavy atom. The van der Waals surface area contributed by atoms with E-state index in [0.29, 0.717) is 5.56 Å². The summed E-state index contributed by atoms with van der Waals surface area (Å²) in [5.41, 5.74) is 0.380. The van der Waals surface area contributed by atoms with Gasteiger partial charge >= 0.3 is 5.97 Å². The summed E-state index contributed by atoms with van der Waals surface area (Å²) in [5, 5.41) is -0.273. The van der Waals surface area contributed by atoms with Gasteiger partial charge in [0.1, 0.15) is 5.82 Å².